The van der Waals surface area contributed by atoms with Gasteiger partial charge in [0.1, 0.15) is 5.60 Å². The molecule has 2 rings (SSSR count). The van der Waals surface area contributed by atoms with Gasteiger partial charge in [-0.3, -0.25) is 4.98 Å². The van der Waals surface area contributed by atoms with E-state index in [9.17, 15) is 4.79 Å². The maximum absolute atomic E-state index is 12.1. The standard InChI is InChI=1S/C17H26N2O2.H2S/c1-12-8-15(9-13(2)18-12)10-14-6-7-19(11-14)16(20)21-17(3,4)5;/h8-9,14H,6-7,10-11H2,1-5H3;1H2/t14-;/m1./s1. The quantitative estimate of drug-likeness (QED) is 0.834. The Morgan fingerprint density at radius 1 is 1.32 bits per heavy atom. The smallest absolute Gasteiger partial charge is 0.410 e. The van der Waals surface area contributed by atoms with E-state index in [2.05, 4.69) is 17.1 Å². The van der Waals surface area contributed by atoms with E-state index < -0.39 is 5.60 Å². The molecule has 1 saturated heterocycles. The van der Waals surface area contributed by atoms with Crippen LogP contribution in [0, 0.1) is 19.8 Å². The zero-order chi connectivity index (χ0) is 15.6. The van der Waals surface area contributed by atoms with Gasteiger partial charge in [-0.1, -0.05) is 0 Å². The Bertz CT molecular complexity index is 506. The lowest BCUT2D eigenvalue weighted by molar-refractivity contribution is 0.0288. The van der Waals surface area contributed by atoms with Gasteiger partial charge in [-0.05, 0) is 71.1 Å². The summed E-state index contributed by atoms with van der Waals surface area (Å²) in [5, 5.41) is 0. The molecular weight excluding hydrogens is 296 g/mol. The fourth-order valence-corrected chi connectivity index (χ4v) is 2.86. The number of amides is 1. The number of carbonyl (C=O) groups is 1. The van der Waals surface area contributed by atoms with E-state index in [1.54, 1.807) is 0 Å². The van der Waals surface area contributed by atoms with E-state index in [4.69, 9.17) is 4.74 Å². The van der Waals surface area contributed by atoms with Crippen LogP contribution in [-0.2, 0) is 11.2 Å². The summed E-state index contributed by atoms with van der Waals surface area (Å²) in [4.78, 5) is 18.3. The Morgan fingerprint density at radius 2 is 1.91 bits per heavy atom. The minimum absolute atomic E-state index is 0. The molecule has 22 heavy (non-hydrogen) atoms. The summed E-state index contributed by atoms with van der Waals surface area (Å²) < 4.78 is 5.44. The number of aryl methyl sites for hydroxylation is 2. The van der Waals surface area contributed by atoms with Crippen LogP contribution in [0.25, 0.3) is 0 Å². The van der Waals surface area contributed by atoms with E-state index in [-0.39, 0.29) is 19.6 Å². The molecule has 1 aliphatic heterocycles. The largest absolute Gasteiger partial charge is 0.444 e. The van der Waals surface area contributed by atoms with Crippen LogP contribution >= 0.6 is 13.5 Å². The second-order valence-electron chi connectivity index (χ2n) is 7.04. The minimum Gasteiger partial charge on any atom is -0.444 e. The first-order valence-corrected chi connectivity index (χ1v) is 7.65. The van der Waals surface area contributed by atoms with E-state index in [1.807, 2.05) is 39.5 Å². The monoisotopic (exact) mass is 324 g/mol. The molecule has 1 aromatic heterocycles. The van der Waals surface area contributed by atoms with Gasteiger partial charge in [0, 0.05) is 24.5 Å². The second kappa shape index (κ2) is 7.36. The fraction of sp³-hybridized carbons (Fsp3) is 0.647. The van der Waals surface area contributed by atoms with E-state index >= 15 is 0 Å². The fourth-order valence-electron chi connectivity index (χ4n) is 2.86. The number of ether oxygens (including phenoxy) is 1. The van der Waals surface area contributed by atoms with Crippen LogP contribution in [0.1, 0.15) is 44.1 Å². The Morgan fingerprint density at radius 3 is 2.45 bits per heavy atom. The zero-order valence-electron chi connectivity index (χ0n) is 14.3. The highest BCUT2D eigenvalue weighted by atomic mass is 32.1. The van der Waals surface area contributed by atoms with Crippen molar-refractivity contribution in [3.05, 3.63) is 29.1 Å². The maximum Gasteiger partial charge on any atom is 0.410 e. The van der Waals surface area contributed by atoms with Crippen LogP contribution in [0.3, 0.4) is 0 Å². The SMILES string of the molecule is Cc1cc(C[C@H]2CCN(C(=O)OC(C)(C)C)C2)cc(C)n1.S. The van der Waals surface area contributed by atoms with E-state index in [1.165, 1.54) is 5.56 Å². The molecule has 0 radical (unpaired) electrons. The summed E-state index contributed by atoms with van der Waals surface area (Å²) in [5.74, 6) is 0.513. The third-order valence-corrected chi connectivity index (χ3v) is 3.60. The average molecular weight is 324 g/mol. The first-order valence-electron chi connectivity index (χ1n) is 7.65. The first kappa shape index (κ1) is 18.8. The van der Waals surface area contributed by atoms with Gasteiger partial charge in [-0.25, -0.2) is 4.79 Å². The Balaban J connectivity index is 0.00000242. The van der Waals surface area contributed by atoms with Crippen molar-refractivity contribution in [1.82, 2.24) is 9.88 Å². The molecule has 4 nitrogen and oxygen atoms in total. The van der Waals surface area contributed by atoms with Crippen molar-refractivity contribution in [2.75, 3.05) is 13.1 Å². The molecular formula is C17H28N2O2S. The third kappa shape index (κ3) is 5.52. The first-order chi connectivity index (χ1) is 9.73. The predicted octanol–water partition coefficient (Wildman–Crippen LogP) is 3.61. The summed E-state index contributed by atoms with van der Waals surface area (Å²) in [6.45, 7) is 11.3. The number of nitrogens with zero attached hydrogens (tertiary/aromatic N) is 2. The van der Waals surface area contributed by atoms with Crippen LogP contribution in [0.15, 0.2) is 12.1 Å². The lowest BCUT2D eigenvalue weighted by atomic mass is 9.98. The molecule has 0 aliphatic carbocycles. The number of aromatic nitrogens is 1. The highest BCUT2D eigenvalue weighted by Crippen LogP contribution is 2.23. The highest BCUT2D eigenvalue weighted by molar-refractivity contribution is 7.59. The lowest BCUT2D eigenvalue weighted by Crippen LogP contribution is -2.35. The number of rotatable bonds is 2. The van der Waals surface area contributed by atoms with Crippen molar-refractivity contribution in [3.63, 3.8) is 0 Å². The van der Waals surface area contributed by atoms with Crippen LogP contribution in [-0.4, -0.2) is 34.7 Å². The van der Waals surface area contributed by atoms with Crippen molar-refractivity contribution >= 4 is 19.6 Å². The summed E-state index contributed by atoms with van der Waals surface area (Å²) in [6.07, 6.45) is 1.86. The van der Waals surface area contributed by atoms with Gasteiger partial charge in [0.05, 0.1) is 0 Å². The van der Waals surface area contributed by atoms with Gasteiger partial charge in [-0.15, -0.1) is 0 Å². The van der Waals surface area contributed by atoms with Gasteiger partial charge >= 0.3 is 6.09 Å². The molecule has 2 heterocycles. The number of likely N-dealkylation sites (tertiary alicyclic amines) is 1. The molecule has 0 saturated carbocycles. The molecule has 0 spiro atoms. The average Bonchev–Trinajstić information content (AvgIpc) is 2.73. The molecule has 0 N–H and O–H groups in total. The van der Waals surface area contributed by atoms with Crippen LogP contribution in [0.4, 0.5) is 4.79 Å². The number of pyridine rings is 1. The molecule has 1 amide bonds. The number of hydrogen-bond donors (Lipinski definition) is 0. The van der Waals surface area contributed by atoms with Crippen molar-refractivity contribution < 1.29 is 9.53 Å². The molecule has 5 heteroatoms. The molecule has 1 aromatic rings. The Hall–Kier alpha value is -1.23. The molecule has 0 unspecified atom stereocenters. The Kier molecular flexibility index (Phi) is 6.29. The predicted molar refractivity (Wildman–Crippen MR) is 93.7 cm³/mol. The van der Waals surface area contributed by atoms with Gasteiger partial charge in [-0.2, -0.15) is 13.5 Å². The third-order valence-electron chi connectivity index (χ3n) is 3.60. The normalized spacial score (nSPS) is 18.0. The number of carbonyl (C=O) groups excluding carboxylic acids is 1. The molecule has 0 aromatic carbocycles. The van der Waals surface area contributed by atoms with Crippen molar-refractivity contribution in [2.45, 2.75) is 53.1 Å². The van der Waals surface area contributed by atoms with Crippen LogP contribution < -0.4 is 0 Å². The maximum atomic E-state index is 12.1. The minimum atomic E-state index is -0.422. The van der Waals surface area contributed by atoms with Gasteiger partial charge in [0.2, 0.25) is 0 Å². The summed E-state index contributed by atoms with van der Waals surface area (Å²) in [5.41, 5.74) is 3.02. The summed E-state index contributed by atoms with van der Waals surface area (Å²) >= 11 is 0. The molecule has 1 fully saturated rings. The molecule has 0 bridgehead atoms. The van der Waals surface area contributed by atoms with Crippen molar-refractivity contribution in [3.8, 4) is 0 Å². The van der Waals surface area contributed by atoms with E-state index in [0.29, 0.717) is 5.92 Å². The Labute approximate surface area is 140 Å². The zero-order valence-corrected chi connectivity index (χ0v) is 15.3. The second-order valence-corrected chi connectivity index (χ2v) is 7.04. The van der Waals surface area contributed by atoms with E-state index in [0.717, 1.165) is 37.3 Å². The van der Waals surface area contributed by atoms with Gasteiger partial charge in [0.25, 0.3) is 0 Å². The highest BCUT2D eigenvalue weighted by Gasteiger charge is 2.29. The molecule has 124 valence electrons. The summed E-state index contributed by atoms with van der Waals surface area (Å²) in [7, 11) is 0. The van der Waals surface area contributed by atoms with Crippen molar-refractivity contribution in [2.24, 2.45) is 5.92 Å². The van der Waals surface area contributed by atoms with Crippen LogP contribution in [0.2, 0.25) is 0 Å². The molecule has 1 atom stereocenters. The summed E-state index contributed by atoms with van der Waals surface area (Å²) in [6, 6.07) is 4.28. The van der Waals surface area contributed by atoms with Gasteiger partial charge < -0.3 is 9.64 Å². The molecule has 1 aliphatic rings. The van der Waals surface area contributed by atoms with Crippen molar-refractivity contribution in [1.29, 1.82) is 0 Å². The van der Waals surface area contributed by atoms with Crippen LogP contribution in [0.5, 0.6) is 0 Å². The van der Waals surface area contributed by atoms with Gasteiger partial charge in [0.15, 0.2) is 0 Å². The topological polar surface area (TPSA) is 42.4 Å². The lowest BCUT2D eigenvalue weighted by Gasteiger charge is -2.24. The number of hydrogen-bond acceptors (Lipinski definition) is 3.